The van der Waals surface area contributed by atoms with Crippen LogP contribution in [0.1, 0.15) is 12.0 Å². The average Bonchev–Trinajstić information content (AvgIpc) is 2.46. The quantitative estimate of drug-likeness (QED) is 0.946. The first-order valence-corrected chi connectivity index (χ1v) is 8.71. The molecule has 0 aliphatic carbocycles. The lowest BCUT2D eigenvalue weighted by Crippen LogP contribution is -2.25. The highest BCUT2D eigenvalue weighted by atomic mass is 32.2. The van der Waals surface area contributed by atoms with Crippen LogP contribution in [0.4, 0.5) is 17.2 Å². The predicted octanol–water partition coefficient (Wildman–Crippen LogP) is 2.54. The summed E-state index contributed by atoms with van der Waals surface area (Å²) >= 11 is 0. The Labute approximate surface area is 124 Å². The molecule has 110 valence electrons. The van der Waals surface area contributed by atoms with Gasteiger partial charge in [0.25, 0.3) is 0 Å². The molecule has 0 radical (unpaired) electrons. The number of fused-ring (bicyclic) bond motifs is 1. The van der Waals surface area contributed by atoms with Crippen molar-refractivity contribution in [1.82, 2.24) is 4.98 Å². The topological polar surface area (TPSA) is 62.3 Å². The maximum atomic E-state index is 11.2. The Kier molecular flexibility index (Phi) is 3.55. The fourth-order valence-corrected chi connectivity index (χ4v) is 3.14. The van der Waals surface area contributed by atoms with E-state index < -0.39 is 10.0 Å². The lowest BCUT2D eigenvalue weighted by atomic mass is 10.0. The molecule has 0 saturated heterocycles. The second-order valence-electron chi connectivity index (χ2n) is 5.16. The molecule has 1 N–H and O–H groups in total. The molecule has 0 atom stereocenters. The van der Waals surface area contributed by atoms with Gasteiger partial charge in [0.15, 0.2) is 0 Å². The van der Waals surface area contributed by atoms with Gasteiger partial charge in [0.1, 0.15) is 5.82 Å². The SMILES string of the molecule is CS(=O)(=O)Nc1ccc(N2CCCc3ccccc32)nc1. The van der Waals surface area contributed by atoms with Gasteiger partial charge in [-0.3, -0.25) is 4.72 Å². The second-order valence-corrected chi connectivity index (χ2v) is 6.91. The second kappa shape index (κ2) is 5.37. The zero-order chi connectivity index (χ0) is 14.9. The van der Waals surface area contributed by atoms with Crippen LogP contribution in [-0.2, 0) is 16.4 Å². The summed E-state index contributed by atoms with van der Waals surface area (Å²) in [6.45, 7) is 0.920. The number of hydrogen-bond donors (Lipinski definition) is 1. The molecule has 0 amide bonds. The summed E-state index contributed by atoms with van der Waals surface area (Å²) in [5, 5.41) is 0. The smallest absolute Gasteiger partial charge is 0.229 e. The standard InChI is InChI=1S/C15H17N3O2S/c1-21(19,20)17-13-8-9-15(16-11-13)18-10-4-6-12-5-2-3-7-14(12)18/h2-3,5,7-9,11,17H,4,6,10H2,1H3. The van der Waals surface area contributed by atoms with Gasteiger partial charge in [-0.2, -0.15) is 0 Å². The Balaban J connectivity index is 1.89. The van der Waals surface area contributed by atoms with Crippen molar-refractivity contribution in [3.8, 4) is 0 Å². The monoisotopic (exact) mass is 303 g/mol. The van der Waals surface area contributed by atoms with E-state index in [1.807, 2.05) is 12.1 Å². The molecule has 0 saturated carbocycles. The van der Waals surface area contributed by atoms with Gasteiger partial charge in [-0.1, -0.05) is 18.2 Å². The van der Waals surface area contributed by atoms with Crippen molar-refractivity contribution in [1.29, 1.82) is 0 Å². The number of para-hydroxylation sites is 1. The van der Waals surface area contributed by atoms with Gasteiger partial charge in [-0.15, -0.1) is 0 Å². The zero-order valence-electron chi connectivity index (χ0n) is 11.8. The summed E-state index contributed by atoms with van der Waals surface area (Å²) in [7, 11) is -3.27. The highest BCUT2D eigenvalue weighted by Gasteiger charge is 2.18. The number of nitrogens with one attached hydrogen (secondary N) is 1. The summed E-state index contributed by atoms with van der Waals surface area (Å²) in [5.74, 6) is 0.834. The Morgan fingerprint density at radius 3 is 2.71 bits per heavy atom. The first-order valence-electron chi connectivity index (χ1n) is 6.82. The predicted molar refractivity (Wildman–Crippen MR) is 84.5 cm³/mol. The number of benzene rings is 1. The molecule has 1 aliphatic rings. The molecule has 1 aromatic carbocycles. The van der Waals surface area contributed by atoms with Crippen LogP contribution in [0, 0.1) is 0 Å². The molecule has 6 heteroatoms. The Morgan fingerprint density at radius 2 is 2.00 bits per heavy atom. The summed E-state index contributed by atoms with van der Waals surface area (Å²) < 4.78 is 24.8. The van der Waals surface area contributed by atoms with Gasteiger partial charge >= 0.3 is 0 Å². The molecule has 0 fully saturated rings. The van der Waals surface area contributed by atoms with Gasteiger partial charge in [0.2, 0.25) is 10.0 Å². The van der Waals surface area contributed by atoms with Gasteiger partial charge in [-0.25, -0.2) is 13.4 Å². The minimum atomic E-state index is -3.27. The fraction of sp³-hybridized carbons (Fsp3) is 0.267. The van der Waals surface area contributed by atoms with Crippen molar-refractivity contribution in [3.05, 3.63) is 48.2 Å². The molecule has 2 heterocycles. The van der Waals surface area contributed by atoms with Crippen LogP contribution in [-0.4, -0.2) is 26.2 Å². The number of aromatic nitrogens is 1. The first-order chi connectivity index (χ1) is 10.0. The van der Waals surface area contributed by atoms with E-state index in [9.17, 15) is 8.42 Å². The lowest BCUT2D eigenvalue weighted by molar-refractivity contribution is 0.607. The van der Waals surface area contributed by atoms with E-state index in [0.717, 1.165) is 31.5 Å². The number of nitrogens with zero attached hydrogens (tertiary/aromatic N) is 2. The van der Waals surface area contributed by atoms with Crippen LogP contribution >= 0.6 is 0 Å². The third-order valence-corrected chi connectivity index (χ3v) is 4.04. The van der Waals surface area contributed by atoms with Crippen molar-refractivity contribution in [2.24, 2.45) is 0 Å². The van der Waals surface area contributed by atoms with E-state index in [0.29, 0.717) is 5.69 Å². The highest BCUT2D eigenvalue weighted by Crippen LogP contribution is 2.32. The summed E-state index contributed by atoms with van der Waals surface area (Å²) in [6.07, 6.45) is 4.85. The number of pyridine rings is 1. The largest absolute Gasteiger partial charge is 0.326 e. The summed E-state index contributed by atoms with van der Waals surface area (Å²) in [4.78, 5) is 6.55. The molecular formula is C15H17N3O2S. The number of sulfonamides is 1. The van der Waals surface area contributed by atoms with E-state index in [4.69, 9.17) is 0 Å². The summed E-state index contributed by atoms with van der Waals surface area (Å²) in [6, 6.07) is 11.9. The Bertz CT molecular complexity index is 742. The molecule has 0 bridgehead atoms. The number of hydrogen-bond acceptors (Lipinski definition) is 4. The fourth-order valence-electron chi connectivity index (χ4n) is 2.59. The van der Waals surface area contributed by atoms with Crippen LogP contribution in [0.2, 0.25) is 0 Å². The van der Waals surface area contributed by atoms with Crippen molar-refractivity contribution in [2.75, 3.05) is 22.4 Å². The molecular weight excluding hydrogens is 286 g/mol. The molecule has 3 rings (SSSR count). The molecule has 1 aromatic heterocycles. The van der Waals surface area contributed by atoms with E-state index >= 15 is 0 Å². The highest BCUT2D eigenvalue weighted by molar-refractivity contribution is 7.92. The third kappa shape index (κ3) is 3.16. The zero-order valence-corrected chi connectivity index (χ0v) is 12.6. The molecule has 1 aliphatic heterocycles. The van der Waals surface area contributed by atoms with E-state index in [1.54, 1.807) is 12.3 Å². The van der Waals surface area contributed by atoms with Crippen LogP contribution in [0.3, 0.4) is 0 Å². The lowest BCUT2D eigenvalue weighted by Gasteiger charge is -2.30. The normalized spacial score (nSPS) is 14.6. The van der Waals surface area contributed by atoms with Crippen LogP contribution in [0.15, 0.2) is 42.6 Å². The molecule has 21 heavy (non-hydrogen) atoms. The molecule has 0 unspecified atom stereocenters. The molecule has 0 spiro atoms. The Hall–Kier alpha value is -2.08. The van der Waals surface area contributed by atoms with Gasteiger partial charge in [0.05, 0.1) is 18.1 Å². The van der Waals surface area contributed by atoms with Crippen molar-refractivity contribution in [3.63, 3.8) is 0 Å². The van der Waals surface area contributed by atoms with E-state index in [2.05, 4.69) is 32.8 Å². The van der Waals surface area contributed by atoms with Gasteiger partial charge in [-0.05, 0) is 36.6 Å². The van der Waals surface area contributed by atoms with Crippen molar-refractivity contribution < 1.29 is 8.42 Å². The van der Waals surface area contributed by atoms with Crippen LogP contribution in [0.25, 0.3) is 0 Å². The van der Waals surface area contributed by atoms with E-state index in [-0.39, 0.29) is 0 Å². The first kappa shape index (κ1) is 13.9. The molecule has 2 aromatic rings. The number of aryl methyl sites for hydroxylation is 1. The van der Waals surface area contributed by atoms with E-state index in [1.165, 1.54) is 11.3 Å². The van der Waals surface area contributed by atoms with Crippen molar-refractivity contribution in [2.45, 2.75) is 12.8 Å². The van der Waals surface area contributed by atoms with Crippen molar-refractivity contribution >= 4 is 27.2 Å². The number of rotatable bonds is 3. The number of anilines is 3. The maximum absolute atomic E-state index is 11.2. The summed E-state index contributed by atoms with van der Waals surface area (Å²) in [5.41, 5.74) is 2.98. The minimum Gasteiger partial charge on any atom is -0.326 e. The minimum absolute atomic E-state index is 0.478. The van der Waals surface area contributed by atoms with Gasteiger partial charge in [0, 0.05) is 12.2 Å². The maximum Gasteiger partial charge on any atom is 0.229 e. The Morgan fingerprint density at radius 1 is 1.19 bits per heavy atom. The third-order valence-electron chi connectivity index (χ3n) is 3.44. The van der Waals surface area contributed by atoms with Crippen LogP contribution in [0.5, 0.6) is 0 Å². The van der Waals surface area contributed by atoms with Gasteiger partial charge < -0.3 is 4.90 Å². The average molecular weight is 303 g/mol. The molecule has 5 nitrogen and oxygen atoms in total. The van der Waals surface area contributed by atoms with Crippen LogP contribution < -0.4 is 9.62 Å².